The number of ether oxygens (including phenoxy) is 1. The minimum atomic E-state index is -1.31. The van der Waals surface area contributed by atoms with Gasteiger partial charge in [-0.3, -0.25) is 9.59 Å². The molecule has 0 saturated heterocycles. The van der Waals surface area contributed by atoms with Gasteiger partial charge in [-0.25, -0.2) is 4.79 Å². The first-order valence-electron chi connectivity index (χ1n) is 12.9. The molecule has 0 aliphatic rings. The Hall–Kier alpha value is -3.85. The van der Waals surface area contributed by atoms with E-state index >= 15 is 0 Å². The quantitative estimate of drug-likeness (QED) is 0.204. The van der Waals surface area contributed by atoms with E-state index in [1.165, 1.54) is 0 Å². The molecule has 0 aliphatic carbocycles. The number of halogens is 2. The van der Waals surface area contributed by atoms with Crippen LogP contribution in [0, 0.1) is 0 Å². The van der Waals surface area contributed by atoms with Gasteiger partial charge < -0.3 is 25.0 Å². The van der Waals surface area contributed by atoms with Gasteiger partial charge in [0.1, 0.15) is 17.4 Å². The molecule has 41 heavy (non-hydrogen) atoms. The van der Waals surface area contributed by atoms with Gasteiger partial charge in [0.2, 0.25) is 0 Å². The molecule has 8 nitrogen and oxygen atoms in total. The number of aryl methyl sites for hydroxylation is 1. The number of amides is 2. The summed E-state index contributed by atoms with van der Waals surface area (Å²) in [5, 5.41) is 17.6. The number of carbonyl (C=O) groups excluding carboxylic acids is 3. The van der Waals surface area contributed by atoms with Gasteiger partial charge in [0, 0.05) is 30.1 Å². The van der Waals surface area contributed by atoms with Crippen LogP contribution >= 0.6 is 23.2 Å². The zero-order chi connectivity index (χ0) is 29.9. The van der Waals surface area contributed by atoms with Crippen molar-refractivity contribution in [3.8, 4) is 0 Å². The van der Waals surface area contributed by atoms with Crippen LogP contribution in [0.4, 0.5) is 4.79 Å². The van der Waals surface area contributed by atoms with Crippen LogP contribution in [0.25, 0.3) is 10.9 Å². The fraction of sp³-hybridized carbons (Fsp3) is 0.258. The second-order valence-corrected chi connectivity index (χ2v) is 11.4. The second kappa shape index (κ2) is 12.3. The molecule has 0 bridgehead atoms. The lowest BCUT2D eigenvalue weighted by atomic mass is 9.97. The van der Waals surface area contributed by atoms with E-state index < -0.39 is 35.5 Å². The number of nitrogens with one attached hydrogen (secondary N) is 2. The molecular weight excluding hydrogens is 565 g/mol. The van der Waals surface area contributed by atoms with Crippen LogP contribution in [0.2, 0.25) is 10.0 Å². The molecular formula is C31H31Cl2N3O5. The fourth-order valence-electron chi connectivity index (χ4n) is 4.38. The predicted octanol–water partition coefficient (Wildman–Crippen LogP) is 6.40. The van der Waals surface area contributed by atoms with Crippen molar-refractivity contribution >= 4 is 51.9 Å². The van der Waals surface area contributed by atoms with Gasteiger partial charge in [0.05, 0.1) is 16.1 Å². The highest BCUT2D eigenvalue weighted by molar-refractivity contribution is 6.45. The summed E-state index contributed by atoms with van der Waals surface area (Å²) in [6.07, 6.45) is -1.95. The summed E-state index contributed by atoms with van der Waals surface area (Å²) >= 11 is 12.5. The molecule has 2 unspecified atom stereocenters. The number of hydrogen-bond donors (Lipinski definition) is 3. The van der Waals surface area contributed by atoms with Crippen LogP contribution in [-0.2, 0) is 11.8 Å². The van der Waals surface area contributed by atoms with Crippen molar-refractivity contribution < 1.29 is 24.2 Å². The monoisotopic (exact) mass is 595 g/mol. The number of Topliss-reactive ketones (excluding diaryl/α,β-unsaturated/α-hetero) is 1. The number of alkyl carbamates (subject to hydrolysis) is 1. The van der Waals surface area contributed by atoms with Gasteiger partial charge in [-0.05, 0) is 50.1 Å². The molecule has 0 aliphatic heterocycles. The van der Waals surface area contributed by atoms with Crippen LogP contribution in [0.1, 0.15) is 64.9 Å². The SMILES string of the molecule is Cn1c(C(=O)NC(CNC(=O)OC(C)(C)C)c2ccc(C(=O)C(O)c3ccccc3)cc2)cc2c(Cl)c(Cl)ccc21. The normalized spacial score (nSPS) is 13.0. The summed E-state index contributed by atoms with van der Waals surface area (Å²) in [7, 11) is 1.74. The Labute approximate surface area is 248 Å². The Bertz CT molecular complexity index is 1580. The van der Waals surface area contributed by atoms with Crippen molar-refractivity contribution in [3.63, 3.8) is 0 Å². The fourth-order valence-corrected chi connectivity index (χ4v) is 4.75. The smallest absolute Gasteiger partial charge is 0.407 e. The number of nitrogens with zero attached hydrogens (tertiary/aromatic N) is 1. The molecule has 0 fully saturated rings. The second-order valence-electron chi connectivity index (χ2n) is 10.6. The van der Waals surface area contributed by atoms with Gasteiger partial charge in [-0.1, -0.05) is 77.8 Å². The van der Waals surface area contributed by atoms with Crippen molar-refractivity contribution in [2.75, 3.05) is 6.54 Å². The standard InChI is InChI=1S/C31H31Cl2N3O5/c1-31(2,3)41-30(40)34-17-23(35-29(39)25-16-21-24(36(25)4)15-14-22(32)26(21)33)18-10-12-20(13-11-18)28(38)27(37)19-8-6-5-7-9-19/h5-16,23,27,37H,17H2,1-4H3,(H,34,40)(H,35,39). The number of aliphatic hydroxyl groups is 1. The van der Waals surface area contributed by atoms with Gasteiger partial charge in [-0.15, -0.1) is 0 Å². The third-order valence-electron chi connectivity index (χ3n) is 6.46. The molecule has 0 saturated carbocycles. The molecule has 4 aromatic rings. The van der Waals surface area contributed by atoms with E-state index in [0.29, 0.717) is 37.8 Å². The number of rotatable bonds is 8. The zero-order valence-electron chi connectivity index (χ0n) is 23.1. The van der Waals surface area contributed by atoms with Crippen molar-refractivity contribution in [2.45, 2.75) is 38.5 Å². The van der Waals surface area contributed by atoms with E-state index in [9.17, 15) is 19.5 Å². The van der Waals surface area contributed by atoms with Gasteiger partial charge in [-0.2, -0.15) is 0 Å². The number of aliphatic hydroxyl groups excluding tert-OH is 1. The molecule has 1 heterocycles. The van der Waals surface area contributed by atoms with E-state index in [-0.39, 0.29) is 6.54 Å². The van der Waals surface area contributed by atoms with Crippen molar-refractivity contribution in [1.82, 2.24) is 15.2 Å². The molecule has 1 aromatic heterocycles. The van der Waals surface area contributed by atoms with Crippen LogP contribution in [-0.4, -0.2) is 39.6 Å². The van der Waals surface area contributed by atoms with Crippen LogP contribution in [0.3, 0.4) is 0 Å². The molecule has 3 N–H and O–H groups in total. The molecule has 2 atom stereocenters. The predicted molar refractivity (Wildman–Crippen MR) is 160 cm³/mol. The lowest BCUT2D eigenvalue weighted by Gasteiger charge is -2.23. The number of hydrogen-bond acceptors (Lipinski definition) is 5. The van der Waals surface area contributed by atoms with E-state index in [1.54, 1.807) is 105 Å². The highest BCUT2D eigenvalue weighted by Gasteiger charge is 2.24. The average molecular weight is 597 g/mol. The Morgan fingerprint density at radius 3 is 2.24 bits per heavy atom. The average Bonchev–Trinajstić information content (AvgIpc) is 3.28. The first-order valence-corrected chi connectivity index (χ1v) is 13.7. The number of benzene rings is 3. The van der Waals surface area contributed by atoms with Crippen molar-refractivity contribution in [3.05, 3.63) is 105 Å². The minimum absolute atomic E-state index is 0.0110. The van der Waals surface area contributed by atoms with Crippen LogP contribution in [0.15, 0.2) is 72.8 Å². The number of carbonyl (C=O) groups is 3. The maximum atomic E-state index is 13.5. The van der Waals surface area contributed by atoms with Gasteiger partial charge in [0.25, 0.3) is 5.91 Å². The number of fused-ring (bicyclic) bond motifs is 1. The van der Waals surface area contributed by atoms with Gasteiger partial charge >= 0.3 is 6.09 Å². The number of aromatic nitrogens is 1. The molecule has 10 heteroatoms. The summed E-state index contributed by atoms with van der Waals surface area (Å²) in [6.45, 7) is 5.27. The topological polar surface area (TPSA) is 110 Å². The van der Waals surface area contributed by atoms with E-state index in [4.69, 9.17) is 27.9 Å². The van der Waals surface area contributed by atoms with Crippen LogP contribution in [0.5, 0.6) is 0 Å². The first-order chi connectivity index (χ1) is 19.4. The molecule has 4 rings (SSSR count). The molecule has 214 valence electrons. The zero-order valence-corrected chi connectivity index (χ0v) is 24.6. The van der Waals surface area contributed by atoms with E-state index in [1.807, 2.05) is 0 Å². The molecule has 3 aromatic carbocycles. The van der Waals surface area contributed by atoms with Gasteiger partial charge in [0.15, 0.2) is 5.78 Å². The first kappa shape index (κ1) is 30.1. The summed E-state index contributed by atoms with van der Waals surface area (Å²) in [5.41, 5.74) is 1.78. The Kier molecular flexibility index (Phi) is 9.07. The number of ketones is 1. The molecule has 2 amide bonds. The highest BCUT2D eigenvalue weighted by atomic mass is 35.5. The molecule has 0 spiro atoms. The Morgan fingerprint density at radius 2 is 1.61 bits per heavy atom. The lowest BCUT2D eigenvalue weighted by molar-refractivity contribution is 0.0519. The van der Waals surface area contributed by atoms with Crippen molar-refractivity contribution in [2.24, 2.45) is 7.05 Å². The maximum absolute atomic E-state index is 13.5. The minimum Gasteiger partial charge on any atom is -0.444 e. The van der Waals surface area contributed by atoms with E-state index in [0.717, 1.165) is 5.52 Å². The van der Waals surface area contributed by atoms with Crippen molar-refractivity contribution in [1.29, 1.82) is 0 Å². The highest BCUT2D eigenvalue weighted by Crippen LogP contribution is 2.32. The van der Waals surface area contributed by atoms with Crippen LogP contribution < -0.4 is 10.6 Å². The summed E-state index contributed by atoms with van der Waals surface area (Å²) in [6, 6.07) is 19.6. The van der Waals surface area contributed by atoms with E-state index in [2.05, 4.69) is 10.6 Å². The summed E-state index contributed by atoms with van der Waals surface area (Å²) < 4.78 is 7.06. The Morgan fingerprint density at radius 1 is 0.951 bits per heavy atom. The largest absolute Gasteiger partial charge is 0.444 e. The molecule has 0 radical (unpaired) electrons. The Balaban J connectivity index is 1.59. The third-order valence-corrected chi connectivity index (χ3v) is 7.28. The lowest BCUT2D eigenvalue weighted by Crippen LogP contribution is -2.40. The summed E-state index contributed by atoms with van der Waals surface area (Å²) in [5.74, 6) is -0.868. The third kappa shape index (κ3) is 7.08. The summed E-state index contributed by atoms with van der Waals surface area (Å²) in [4.78, 5) is 38.8. The maximum Gasteiger partial charge on any atom is 0.407 e.